The number of rotatable bonds is 3. The van der Waals surface area contributed by atoms with Crippen molar-refractivity contribution in [2.24, 2.45) is 0 Å². The van der Waals surface area contributed by atoms with Gasteiger partial charge in [0.2, 0.25) is 0 Å². The fraction of sp³-hybridized carbons (Fsp3) is 0.600. The zero-order valence-corrected chi connectivity index (χ0v) is 12.2. The van der Waals surface area contributed by atoms with E-state index in [0.29, 0.717) is 0 Å². The molecule has 0 amide bonds. The Kier molecular flexibility index (Phi) is 4.02. The number of nitrogen functional groups attached to an aromatic ring is 1. The Balaban J connectivity index is 1.96. The van der Waals surface area contributed by atoms with Crippen molar-refractivity contribution in [3.05, 3.63) is 23.8 Å². The first-order chi connectivity index (χ1) is 8.83. The van der Waals surface area contributed by atoms with E-state index in [1.165, 1.54) is 11.3 Å². The van der Waals surface area contributed by atoms with Gasteiger partial charge in [-0.1, -0.05) is 0 Å². The lowest BCUT2D eigenvalue weighted by Crippen LogP contribution is -2.50. The summed E-state index contributed by atoms with van der Waals surface area (Å²) in [6.07, 6.45) is 0. The van der Waals surface area contributed by atoms with Gasteiger partial charge in [0.15, 0.2) is 0 Å². The predicted molar refractivity (Wildman–Crippen MR) is 80.5 cm³/mol. The van der Waals surface area contributed by atoms with E-state index in [-0.39, 0.29) is 0 Å². The highest BCUT2D eigenvalue weighted by atomic mass is 16.3. The van der Waals surface area contributed by atoms with Gasteiger partial charge in [-0.2, -0.15) is 0 Å². The van der Waals surface area contributed by atoms with E-state index < -0.39 is 5.60 Å². The topological polar surface area (TPSA) is 52.7 Å². The van der Waals surface area contributed by atoms with Crippen LogP contribution < -0.4 is 10.6 Å². The molecular weight excluding hydrogens is 238 g/mol. The average Bonchev–Trinajstić information content (AvgIpc) is 2.26. The minimum atomic E-state index is -0.615. The van der Waals surface area contributed by atoms with Gasteiger partial charge in [0.1, 0.15) is 0 Å². The molecule has 1 aromatic carbocycles. The molecule has 2 rings (SSSR count). The Labute approximate surface area is 115 Å². The van der Waals surface area contributed by atoms with Gasteiger partial charge < -0.3 is 15.7 Å². The van der Waals surface area contributed by atoms with E-state index in [1.807, 2.05) is 26.0 Å². The van der Waals surface area contributed by atoms with Crippen LogP contribution in [0.4, 0.5) is 11.4 Å². The molecule has 1 fully saturated rings. The molecule has 1 saturated heterocycles. The second kappa shape index (κ2) is 5.39. The van der Waals surface area contributed by atoms with Crippen molar-refractivity contribution >= 4 is 11.4 Å². The first-order valence-electron chi connectivity index (χ1n) is 6.90. The summed E-state index contributed by atoms with van der Waals surface area (Å²) in [6, 6.07) is 6.22. The molecule has 4 heteroatoms. The molecule has 19 heavy (non-hydrogen) atoms. The monoisotopic (exact) mass is 263 g/mol. The minimum Gasteiger partial charge on any atom is -0.399 e. The Morgan fingerprint density at radius 1 is 1.16 bits per heavy atom. The molecular formula is C15H25N3O. The lowest BCUT2D eigenvalue weighted by atomic mass is 10.1. The third-order valence-corrected chi connectivity index (χ3v) is 3.43. The Morgan fingerprint density at radius 2 is 1.79 bits per heavy atom. The zero-order valence-electron chi connectivity index (χ0n) is 12.2. The predicted octanol–water partition coefficient (Wildman–Crippen LogP) is 1.47. The highest BCUT2D eigenvalue weighted by molar-refractivity contribution is 5.58. The van der Waals surface area contributed by atoms with Crippen LogP contribution >= 0.6 is 0 Å². The summed E-state index contributed by atoms with van der Waals surface area (Å²) < 4.78 is 0. The molecule has 0 radical (unpaired) electrons. The normalized spacial score (nSPS) is 17.8. The van der Waals surface area contributed by atoms with Gasteiger partial charge in [-0.05, 0) is 44.5 Å². The minimum absolute atomic E-state index is 0.615. The van der Waals surface area contributed by atoms with Crippen LogP contribution in [0.2, 0.25) is 0 Å². The van der Waals surface area contributed by atoms with E-state index in [0.717, 1.165) is 38.4 Å². The summed E-state index contributed by atoms with van der Waals surface area (Å²) in [4.78, 5) is 4.68. The fourth-order valence-electron chi connectivity index (χ4n) is 2.69. The molecule has 1 heterocycles. The number of piperazine rings is 1. The molecule has 1 aromatic rings. The number of aryl methyl sites for hydroxylation is 1. The van der Waals surface area contributed by atoms with Gasteiger partial charge >= 0.3 is 0 Å². The van der Waals surface area contributed by atoms with Crippen molar-refractivity contribution in [1.82, 2.24) is 4.90 Å². The smallest absolute Gasteiger partial charge is 0.0718 e. The van der Waals surface area contributed by atoms with Crippen molar-refractivity contribution in [3.8, 4) is 0 Å². The Bertz CT molecular complexity index is 411. The molecule has 0 atom stereocenters. The van der Waals surface area contributed by atoms with Crippen LogP contribution in [0.3, 0.4) is 0 Å². The second-order valence-corrected chi connectivity index (χ2v) is 6.18. The first kappa shape index (κ1) is 14.2. The maximum atomic E-state index is 9.85. The summed E-state index contributed by atoms with van der Waals surface area (Å²) >= 11 is 0. The molecule has 0 unspecified atom stereocenters. The van der Waals surface area contributed by atoms with E-state index in [2.05, 4.69) is 22.8 Å². The van der Waals surface area contributed by atoms with Crippen LogP contribution in [-0.4, -0.2) is 48.3 Å². The lowest BCUT2D eigenvalue weighted by molar-refractivity contribution is 0.0345. The van der Waals surface area contributed by atoms with Crippen molar-refractivity contribution in [1.29, 1.82) is 0 Å². The third-order valence-electron chi connectivity index (χ3n) is 3.43. The van der Waals surface area contributed by atoms with Crippen molar-refractivity contribution < 1.29 is 5.11 Å². The summed E-state index contributed by atoms with van der Waals surface area (Å²) in [6.45, 7) is 10.5. The maximum Gasteiger partial charge on any atom is 0.0718 e. The standard InChI is InChI=1S/C15H25N3O/c1-12-8-13(16)10-14(9-12)18-6-4-17(5-7-18)11-15(2,3)19/h8-10,19H,4-7,11,16H2,1-3H3. The van der Waals surface area contributed by atoms with Crippen molar-refractivity contribution in [2.75, 3.05) is 43.4 Å². The number of β-amino-alcohol motifs (C(OH)–C–C–N with tert-alkyl or cyclic N) is 1. The van der Waals surface area contributed by atoms with Gasteiger partial charge in [0.25, 0.3) is 0 Å². The van der Waals surface area contributed by atoms with Crippen LogP contribution in [-0.2, 0) is 0 Å². The van der Waals surface area contributed by atoms with Crippen LogP contribution in [0.5, 0.6) is 0 Å². The molecule has 1 aliphatic rings. The van der Waals surface area contributed by atoms with Gasteiger partial charge in [0, 0.05) is 44.1 Å². The number of nitrogens with zero attached hydrogens (tertiary/aromatic N) is 2. The van der Waals surface area contributed by atoms with Crippen molar-refractivity contribution in [2.45, 2.75) is 26.4 Å². The third kappa shape index (κ3) is 4.11. The van der Waals surface area contributed by atoms with Crippen LogP contribution in [0.15, 0.2) is 18.2 Å². The van der Waals surface area contributed by atoms with Gasteiger partial charge in [-0.3, -0.25) is 4.90 Å². The SMILES string of the molecule is Cc1cc(N)cc(N2CCN(CC(C)(C)O)CC2)c1. The van der Waals surface area contributed by atoms with Gasteiger partial charge in [0.05, 0.1) is 5.60 Å². The molecule has 0 spiro atoms. The summed E-state index contributed by atoms with van der Waals surface area (Å²) in [5.74, 6) is 0. The molecule has 4 nitrogen and oxygen atoms in total. The van der Waals surface area contributed by atoms with Crippen molar-refractivity contribution in [3.63, 3.8) is 0 Å². The molecule has 0 bridgehead atoms. The molecule has 0 aliphatic carbocycles. The van der Waals surface area contributed by atoms with Crippen LogP contribution in [0, 0.1) is 6.92 Å². The average molecular weight is 263 g/mol. The number of anilines is 2. The first-order valence-corrected chi connectivity index (χ1v) is 6.90. The summed E-state index contributed by atoms with van der Waals surface area (Å²) in [5, 5.41) is 9.85. The number of benzene rings is 1. The largest absolute Gasteiger partial charge is 0.399 e. The van der Waals surface area contributed by atoms with E-state index in [1.54, 1.807) is 0 Å². The Morgan fingerprint density at radius 3 is 2.32 bits per heavy atom. The van der Waals surface area contributed by atoms with Gasteiger partial charge in [-0.15, -0.1) is 0 Å². The molecule has 0 aromatic heterocycles. The highest BCUT2D eigenvalue weighted by Gasteiger charge is 2.22. The maximum absolute atomic E-state index is 9.85. The van der Waals surface area contributed by atoms with Gasteiger partial charge in [-0.25, -0.2) is 0 Å². The summed E-state index contributed by atoms with van der Waals surface area (Å²) in [7, 11) is 0. The fourth-order valence-corrected chi connectivity index (χ4v) is 2.69. The van der Waals surface area contributed by atoms with Crippen LogP contribution in [0.1, 0.15) is 19.4 Å². The number of hydrogen-bond donors (Lipinski definition) is 2. The quantitative estimate of drug-likeness (QED) is 0.811. The number of nitrogens with two attached hydrogens (primary N) is 1. The van der Waals surface area contributed by atoms with Crippen LogP contribution in [0.25, 0.3) is 0 Å². The molecule has 3 N–H and O–H groups in total. The van der Waals surface area contributed by atoms with E-state index in [9.17, 15) is 5.11 Å². The Hall–Kier alpha value is -1.26. The highest BCUT2D eigenvalue weighted by Crippen LogP contribution is 2.22. The number of aliphatic hydroxyl groups is 1. The number of hydrogen-bond acceptors (Lipinski definition) is 4. The van der Waals surface area contributed by atoms with E-state index >= 15 is 0 Å². The lowest BCUT2D eigenvalue weighted by Gasteiger charge is -2.38. The molecule has 0 saturated carbocycles. The van der Waals surface area contributed by atoms with E-state index in [4.69, 9.17) is 5.73 Å². The molecule has 106 valence electrons. The zero-order chi connectivity index (χ0) is 14.0. The second-order valence-electron chi connectivity index (χ2n) is 6.18. The summed E-state index contributed by atoms with van der Waals surface area (Å²) in [5.41, 5.74) is 8.53. The molecule has 1 aliphatic heterocycles.